The van der Waals surface area contributed by atoms with Crippen LogP contribution in [0, 0.1) is 0 Å². The Kier molecular flexibility index (Phi) is 3.40. The smallest absolute Gasteiger partial charge is 0.368 e. The fourth-order valence-corrected chi connectivity index (χ4v) is 3.09. The number of hydrogen-bond donors (Lipinski definition) is 2. The first kappa shape index (κ1) is 13.7. The average Bonchev–Trinajstić information content (AvgIpc) is 2.81. The van der Waals surface area contributed by atoms with Gasteiger partial charge < -0.3 is 10.6 Å². The molecule has 4 nitrogen and oxygen atoms in total. The van der Waals surface area contributed by atoms with Crippen LogP contribution in [0.4, 0.5) is 19.0 Å². The van der Waals surface area contributed by atoms with Crippen molar-refractivity contribution >= 4 is 5.82 Å². The number of hydrogen-bond acceptors (Lipinski definition) is 3. The average molecular weight is 288 g/mol. The Balaban J connectivity index is 1.91. The van der Waals surface area contributed by atoms with E-state index in [1.807, 2.05) is 0 Å². The molecule has 112 valence electrons. The van der Waals surface area contributed by atoms with Gasteiger partial charge in [-0.1, -0.05) is 0 Å². The summed E-state index contributed by atoms with van der Waals surface area (Å²) in [6, 6.07) is 0.0978. The van der Waals surface area contributed by atoms with Crippen molar-refractivity contribution in [2.24, 2.45) is 0 Å². The van der Waals surface area contributed by atoms with E-state index in [-0.39, 0.29) is 18.4 Å². The highest BCUT2D eigenvalue weighted by Gasteiger charge is 2.45. The summed E-state index contributed by atoms with van der Waals surface area (Å²) in [6.45, 7) is 3.58. The maximum Gasteiger partial charge on any atom is 0.410 e. The molecule has 7 heteroatoms. The van der Waals surface area contributed by atoms with Crippen LogP contribution >= 0.6 is 0 Å². The Bertz CT molecular complexity index is 476. The summed E-state index contributed by atoms with van der Waals surface area (Å²) in [7, 11) is 0. The Morgan fingerprint density at radius 2 is 2.00 bits per heavy atom. The minimum atomic E-state index is -4.25. The van der Waals surface area contributed by atoms with Crippen molar-refractivity contribution in [3.05, 3.63) is 11.8 Å². The number of halogens is 3. The third-order valence-corrected chi connectivity index (χ3v) is 4.16. The molecule has 2 N–H and O–H groups in total. The van der Waals surface area contributed by atoms with Gasteiger partial charge in [0.25, 0.3) is 0 Å². The van der Waals surface area contributed by atoms with E-state index in [2.05, 4.69) is 15.7 Å². The molecule has 0 aliphatic carbocycles. The van der Waals surface area contributed by atoms with Crippen molar-refractivity contribution in [3.63, 3.8) is 0 Å². The maximum absolute atomic E-state index is 13.1. The zero-order valence-electron chi connectivity index (χ0n) is 11.4. The van der Waals surface area contributed by atoms with Gasteiger partial charge in [0.1, 0.15) is 5.82 Å². The molecule has 20 heavy (non-hydrogen) atoms. The molecule has 2 atom stereocenters. The summed E-state index contributed by atoms with van der Waals surface area (Å²) in [6.07, 6.45) is -2.35. The molecule has 1 saturated heterocycles. The van der Waals surface area contributed by atoms with Gasteiger partial charge in [0.2, 0.25) is 0 Å². The molecule has 0 saturated carbocycles. The Morgan fingerprint density at radius 1 is 1.30 bits per heavy atom. The van der Waals surface area contributed by atoms with Gasteiger partial charge in [0, 0.05) is 18.0 Å². The molecule has 1 fully saturated rings. The van der Waals surface area contributed by atoms with E-state index in [9.17, 15) is 13.2 Å². The number of anilines is 1. The zero-order valence-corrected chi connectivity index (χ0v) is 11.4. The molecule has 0 spiro atoms. The second-order valence-corrected chi connectivity index (χ2v) is 5.76. The van der Waals surface area contributed by atoms with E-state index >= 15 is 0 Å². The molecule has 3 heterocycles. The summed E-state index contributed by atoms with van der Waals surface area (Å²) in [5, 5.41) is 10.6. The quantitative estimate of drug-likeness (QED) is 0.835. The summed E-state index contributed by atoms with van der Waals surface area (Å²) >= 11 is 0. The van der Waals surface area contributed by atoms with Crippen molar-refractivity contribution in [2.45, 2.75) is 50.4 Å². The number of alkyl halides is 3. The van der Waals surface area contributed by atoms with Gasteiger partial charge in [-0.05, 0) is 39.3 Å². The van der Waals surface area contributed by atoms with E-state index in [0.717, 1.165) is 36.3 Å². The van der Waals surface area contributed by atoms with Crippen LogP contribution in [0.5, 0.6) is 0 Å². The highest BCUT2D eigenvalue weighted by Crippen LogP contribution is 2.40. The maximum atomic E-state index is 13.1. The monoisotopic (exact) mass is 288 g/mol. The number of aromatic nitrogens is 2. The van der Waals surface area contributed by atoms with Crippen molar-refractivity contribution < 1.29 is 13.2 Å². The van der Waals surface area contributed by atoms with E-state index in [1.165, 1.54) is 0 Å². The van der Waals surface area contributed by atoms with Crippen molar-refractivity contribution in [3.8, 4) is 0 Å². The third kappa shape index (κ3) is 2.51. The molecular weight excluding hydrogens is 269 g/mol. The first-order chi connectivity index (χ1) is 9.45. The summed E-state index contributed by atoms with van der Waals surface area (Å²) in [5.41, 5.74) is 0.789. The van der Waals surface area contributed by atoms with Crippen LogP contribution in [0.15, 0.2) is 6.07 Å². The standard InChI is InChI=1S/C13H19F3N4/c1-8-6-11(13(14,15)16)20-12(18-8)7-10(19-20)9-2-4-17-5-3-9/h7-9,11,17-18H,2-6H2,1H3/t8-,11-/m1/s1. The first-order valence-electron chi connectivity index (χ1n) is 7.08. The lowest BCUT2D eigenvalue weighted by Crippen LogP contribution is -2.37. The highest BCUT2D eigenvalue weighted by molar-refractivity contribution is 5.41. The SMILES string of the molecule is C[C@@H]1C[C@H](C(F)(F)F)n2nc(C3CCNCC3)cc2N1. The number of nitrogens with one attached hydrogen (secondary N) is 2. The fourth-order valence-electron chi connectivity index (χ4n) is 3.09. The van der Waals surface area contributed by atoms with E-state index in [1.54, 1.807) is 13.0 Å². The molecule has 0 bridgehead atoms. The van der Waals surface area contributed by atoms with Gasteiger partial charge in [-0.2, -0.15) is 18.3 Å². The molecular formula is C13H19F3N4. The summed E-state index contributed by atoms with van der Waals surface area (Å²) in [5.74, 6) is 0.764. The lowest BCUT2D eigenvalue weighted by Gasteiger charge is -2.31. The minimum absolute atomic E-state index is 0.0316. The van der Waals surface area contributed by atoms with E-state index in [4.69, 9.17) is 0 Å². The molecule has 0 aromatic carbocycles. The van der Waals surface area contributed by atoms with Crippen molar-refractivity contribution in [2.75, 3.05) is 18.4 Å². The molecule has 3 rings (SSSR count). The zero-order chi connectivity index (χ0) is 14.3. The fraction of sp³-hybridized carbons (Fsp3) is 0.769. The second kappa shape index (κ2) is 4.95. The van der Waals surface area contributed by atoms with Crippen LogP contribution in [-0.4, -0.2) is 35.1 Å². The molecule has 2 aliphatic rings. The lowest BCUT2D eigenvalue weighted by molar-refractivity contribution is -0.173. The van der Waals surface area contributed by atoms with Crippen LogP contribution < -0.4 is 10.6 Å². The molecule has 0 radical (unpaired) electrons. The Labute approximate surface area is 115 Å². The molecule has 2 aliphatic heterocycles. The van der Waals surface area contributed by atoms with Crippen molar-refractivity contribution in [1.82, 2.24) is 15.1 Å². The highest BCUT2D eigenvalue weighted by atomic mass is 19.4. The van der Waals surface area contributed by atoms with Gasteiger partial charge in [-0.3, -0.25) is 0 Å². The molecule has 0 unspecified atom stereocenters. The van der Waals surface area contributed by atoms with Crippen LogP contribution in [0.3, 0.4) is 0 Å². The number of nitrogens with zero attached hydrogens (tertiary/aromatic N) is 2. The molecule has 1 aromatic rings. The predicted molar refractivity (Wildman–Crippen MR) is 69.9 cm³/mol. The Hall–Kier alpha value is -1.24. The van der Waals surface area contributed by atoms with Gasteiger partial charge in [0.15, 0.2) is 6.04 Å². The third-order valence-electron chi connectivity index (χ3n) is 4.16. The van der Waals surface area contributed by atoms with E-state index < -0.39 is 12.2 Å². The van der Waals surface area contributed by atoms with Crippen molar-refractivity contribution in [1.29, 1.82) is 0 Å². The summed E-state index contributed by atoms with van der Waals surface area (Å²) < 4.78 is 40.6. The molecule has 0 amide bonds. The number of piperidine rings is 1. The van der Waals surface area contributed by atoms with Gasteiger partial charge in [0.05, 0.1) is 5.69 Å². The van der Waals surface area contributed by atoms with Crippen LogP contribution in [0.1, 0.15) is 43.8 Å². The van der Waals surface area contributed by atoms with Gasteiger partial charge >= 0.3 is 6.18 Å². The molecule has 1 aromatic heterocycles. The van der Waals surface area contributed by atoms with Crippen LogP contribution in [-0.2, 0) is 0 Å². The summed E-state index contributed by atoms with van der Waals surface area (Å²) in [4.78, 5) is 0. The predicted octanol–water partition coefficient (Wildman–Crippen LogP) is 2.66. The van der Waals surface area contributed by atoms with Gasteiger partial charge in [-0.25, -0.2) is 4.68 Å². The second-order valence-electron chi connectivity index (χ2n) is 5.76. The lowest BCUT2D eigenvalue weighted by atomic mass is 9.95. The van der Waals surface area contributed by atoms with Crippen LogP contribution in [0.2, 0.25) is 0 Å². The topological polar surface area (TPSA) is 41.9 Å². The largest absolute Gasteiger partial charge is 0.410 e. The van der Waals surface area contributed by atoms with E-state index in [0.29, 0.717) is 5.82 Å². The number of rotatable bonds is 1. The Morgan fingerprint density at radius 3 is 2.65 bits per heavy atom. The normalized spacial score (nSPS) is 28.0. The first-order valence-corrected chi connectivity index (χ1v) is 7.08. The number of fused-ring (bicyclic) bond motifs is 1. The van der Waals surface area contributed by atoms with Gasteiger partial charge in [-0.15, -0.1) is 0 Å². The minimum Gasteiger partial charge on any atom is -0.368 e. The van der Waals surface area contributed by atoms with Crippen LogP contribution in [0.25, 0.3) is 0 Å².